The number of nitrogens with one attached hydrogen (secondary N) is 1. The lowest BCUT2D eigenvalue weighted by molar-refractivity contribution is 0.605. The molecule has 1 heteroatoms. The summed E-state index contributed by atoms with van der Waals surface area (Å²) < 4.78 is 0. The smallest absolute Gasteiger partial charge is 0.0667 e. The summed E-state index contributed by atoms with van der Waals surface area (Å²) in [5.41, 5.74) is 11.1. The van der Waals surface area contributed by atoms with E-state index in [0.29, 0.717) is 0 Å². The first-order chi connectivity index (χ1) is 22.3. The zero-order valence-electron chi connectivity index (χ0n) is 25.4. The van der Waals surface area contributed by atoms with Gasteiger partial charge >= 0.3 is 0 Å². The Balaban J connectivity index is 1.20. The van der Waals surface area contributed by atoms with E-state index in [2.05, 4.69) is 193 Å². The molecule has 218 valence electrons. The summed E-state index contributed by atoms with van der Waals surface area (Å²) >= 11 is 0. The summed E-state index contributed by atoms with van der Waals surface area (Å²) in [5, 5.41) is 3.83. The fourth-order valence-electron chi connectivity index (χ4n) is 6.87. The van der Waals surface area contributed by atoms with Crippen molar-refractivity contribution in [2.24, 2.45) is 0 Å². The molecule has 0 spiro atoms. The molecule has 45 heavy (non-hydrogen) atoms. The summed E-state index contributed by atoms with van der Waals surface area (Å²) in [6.45, 7) is 0.770. The molecule has 1 aliphatic rings. The molecule has 6 aromatic carbocycles. The van der Waals surface area contributed by atoms with Gasteiger partial charge in [-0.25, -0.2) is 0 Å². The Morgan fingerprint density at radius 3 is 1.58 bits per heavy atom. The van der Waals surface area contributed by atoms with Crippen molar-refractivity contribution in [3.8, 4) is 11.1 Å². The van der Waals surface area contributed by atoms with Crippen molar-refractivity contribution in [1.82, 2.24) is 5.32 Å². The number of hydrogen-bond donors (Lipinski definition) is 1. The van der Waals surface area contributed by atoms with Crippen LogP contribution < -0.4 is 5.32 Å². The van der Waals surface area contributed by atoms with Crippen LogP contribution in [0.4, 0.5) is 0 Å². The Morgan fingerprint density at radius 2 is 1.04 bits per heavy atom. The zero-order valence-corrected chi connectivity index (χ0v) is 25.4. The molecular formula is C44H37N. The van der Waals surface area contributed by atoms with Gasteiger partial charge in [0.05, 0.1) is 11.5 Å². The first-order valence-corrected chi connectivity index (χ1v) is 15.8. The van der Waals surface area contributed by atoms with Crippen molar-refractivity contribution in [3.05, 3.63) is 227 Å². The van der Waals surface area contributed by atoms with Crippen molar-refractivity contribution in [2.45, 2.75) is 24.4 Å². The van der Waals surface area contributed by atoms with Crippen LogP contribution in [-0.4, -0.2) is 0 Å². The second-order valence-corrected chi connectivity index (χ2v) is 11.7. The van der Waals surface area contributed by atoms with Crippen molar-refractivity contribution >= 4 is 0 Å². The van der Waals surface area contributed by atoms with Crippen LogP contribution in [0.2, 0.25) is 0 Å². The Hall–Kier alpha value is -5.24. The predicted octanol–water partition coefficient (Wildman–Crippen LogP) is 10.5. The molecule has 1 nitrogen and oxygen atoms in total. The molecule has 0 heterocycles. The van der Waals surface area contributed by atoms with E-state index in [1.165, 1.54) is 50.1 Å². The molecule has 0 fully saturated rings. The van der Waals surface area contributed by atoms with Crippen LogP contribution in [0.1, 0.15) is 45.8 Å². The normalized spacial score (nSPS) is 12.8. The molecule has 0 bridgehead atoms. The summed E-state index contributed by atoms with van der Waals surface area (Å²) in [6.07, 6.45) is 7.71. The van der Waals surface area contributed by atoms with E-state index in [1.54, 1.807) is 0 Å². The van der Waals surface area contributed by atoms with E-state index in [9.17, 15) is 0 Å². The maximum atomic E-state index is 3.83. The Labute approximate surface area is 267 Å². The molecule has 6 aromatic rings. The van der Waals surface area contributed by atoms with Crippen LogP contribution in [0, 0.1) is 0 Å². The molecule has 0 aromatic heterocycles. The average molecular weight is 580 g/mol. The number of hydrogen-bond acceptors (Lipinski definition) is 1. The van der Waals surface area contributed by atoms with Crippen LogP contribution >= 0.6 is 0 Å². The zero-order chi connectivity index (χ0) is 30.3. The Morgan fingerprint density at radius 1 is 0.511 bits per heavy atom. The van der Waals surface area contributed by atoms with Gasteiger partial charge in [0.2, 0.25) is 0 Å². The Kier molecular flexibility index (Phi) is 8.35. The molecule has 7 rings (SSSR count). The molecule has 0 unspecified atom stereocenters. The van der Waals surface area contributed by atoms with E-state index < -0.39 is 0 Å². The third-order valence-corrected chi connectivity index (χ3v) is 9.02. The third kappa shape index (κ3) is 5.83. The van der Waals surface area contributed by atoms with Crippen LogP contribution in [0.5, 0.6) is 0 Å². The molecule has 1 N–H and O–H groups in total. The summed E-state index contributed by atoms with van der Waals surface area (Å²) in [4.78, 5) is 0. The second-order valence-electron chi connectivity index (χ2n) is 11.7. The summed E-state index contributed by atoms with van der Waals surface area (Å²) in [6, 6.07) is 61.6. The predicted molar refractivity (Wildman–Crippen MR) is 188 cm³/mol. The Bertz CT molecular complexity index is 1810. The fourth-order valence-corrected chi connectivity index (χ4v) is 6.87. The molecule has 0 atom stereocenters. The van der Waals surface area contributed by atoms with Crippen molar-refractivity contribution in [3.63, 3.8) is 0 Å². The van der Waals surface area contributed by atoms with Crippen molar-refractivity contribution < 1.29 is 0 Å². The van der Waals surface area contributed by atoms with Gasteiger partial charge in [0.15, 0.2) is 0 Å². The second kappa shape index (κ2) is 13.2. The minimum absolute atomic E-state index is 0.124. The SMILES string of the molecule is C1=CCC(C(c2ccccc2)(c2ccccc2)c2ccc(-c3cccc(CNC(c4ccccc4)c4ccccc4)c3)cc2)=C1. The molecular weight excluding hydrogens is 542 g/mol. The van der Waals surface area contributed by atoms with Gasteiger partial charge in [-0.15, -0.1) is 0 Å². The monoisotopic (exact) mass is 579 g/mol. The molecule has 0 saturated heterocycles. The molecule has 0 aliphatic heterocycles. The highest BCUT2D eigenvalue weighted by atomic mass is 14.9. The van der Waals surface area contributed by atoms with Gasteiger partial charge in [-0.3, -0.25) is 0 Å². The van der Waals surface area contributed by atoms with E-state index in [1.807, 2.05) is 0 Å². The summed E-state index contributed by atoms with van der Waals surface area (Å²) in [5.74, 6) is 0. The minimum Gasteiger partial charge on any atom is -0.302 e. The maximum absolute atomic E-state index is 3.83. The van der Waals surface area contributed by atoms with Gasteiger partial charge < -0.3 is 5.32 Å². The van der Waals surface area contributed by atoms with Gasteiger partial charge in [0, 0.05) is 6.54 Å². The quantitative estimate of drug-likeness (QED) is 0.159. The van der Waals surface area contributed by atoms with Crippen molar-refractivity contribution in [2.75, 3.05) is 0 Å². The van der Waals surface area contributed by atoms with Gasteiger partial charge in [-0.05, 0) is 62.6 Å². The molecule has 0 saturated carbocycles. The molecule has 0 radical (unpaired) electrons. The first-order valence-electron chi connectivity index (χ1n) is 15.8. The van der Waals surface area contributed by atoms with E-state index >= 15 is 0 Å². The standard InChI is InChI=1S/C44H37N/c1-5-17-36(18-6-1)43(37-19-7-2-8-20-37)45-33-34-16-15-21-38(32-34)35-28-30-42(31-29-35)44(41-26-13-14-27-41,39-22-9-3-10-23-39)40-24-11-4-12-25-40/h1-26,28-32,43,45H,27,33H2. The van der Waals surface area contributed by atoms with Crippen LogP contribution in [0.3, 0.4) is 0 Å². The minimum atomic E-state index is -0.361. The van der Waals surface area contributed by atoms with E-state index in [-0.39, 0.29) is 11.5 Å². The fraction of sp³-hybridized carbons (Fsp3) is 0.0909. The number of allylic oxidation sites excluding steroid dienone is 4. The highest BCUT2D eigenvalue weighted by Crippen LogP contribution is 2.48. The first kappa shape index (κ1) is 28.5. The average Bonchev–Trinajstić information content (AvgIpc) is 3.67. The van der Waals surface area contributed by atoms with Gasteiger partial charge in [0.1, 0.15) is 0 Å². The summed E-state index contributed by atoms with van der Waals surface area (Å²) in [7, 11) is 0. The molecule has 1 aliphatic carbocycles. The topological polar surface area (TPSA) is 12.0 Å². The molecule has 0 amide bonds. The number of benzene rings is 6. The lowest BCUT2D eigenvalue weighted by Gasteiger charge is -2.38. The lowest BCUT2D eigenvalue weighted by atomic mass is 9.64. The highest BCUT2D eigenvalue weighted by molar-refractivity contribution is 5.67. The largest absolute Gasteiger partial charge is 0.302 e. The van der Waals surface area contributed by atoms with E-state index in [0.717, 1.165) is 13.0 Å². The van der Waals surface area contributed by atoms with Crippen molar-refractivity contribution in [1.29, 1.82) is 0 Å². The maximum Gasteiger partial charge on any atom is 0.0667 e. The number of rotatable bonds is 10. The highest BCUT2D eigenvalue weighted by Gasteiger charge is 2.39. The van der Waals surface area contributed by atoms with Crippen LogP contribution in [0.25, 0.3) is 11.1 Å². The van der Waals surface area contributed by atoms with Crippen LogP contribution in [-0.2, 0) is 12.0 Å². The van der Waals surface area contributed by atoms with Gasteiger partial charge in [-0.1, -0.05) is 182 Å². The van der Waals surface area contributed by atoms with Gasteiger partial charge in [-0.2, -0.15) is 0 Å². The lowest BCUT2D eigenvalue weighted by Crippen LogP contribution is -2.31. The van der Waals surface area contributed by atoms with Gasteiger partial charge in [0.25, 0.3) is 0 Å². The van der Waals surface area contributed by atoms with Crippen LogP contribution in [0.15, 0.2) is 194 Å². The third-order valence-electron chi connectivity index (χ3n) is 9.02. The van der Waals surface area contributed by atoms with E-state index in [4.69, 9.17) is 0 Å².